The first-order valence-electron chi connectivity index (χ1n) is 4.42. The van der Waals surface area contributed by atoms with Gasteiger partial charge in [0.05, 0.1) is 0 Å². The molecule has 0 radical (unpaired) electrons. The number of hydrogen-bond acceptors (Lipinski definition) is 2. The SMILES string of the molecule is CN(C(=O)CC(F)(F)F)c1ccc(O)cc1. The fraction of sp³-hybridized carbons (Fsp3) is 0.300. The topological polar surface area (TPSA) is 40.5 Å². The van der Waals surface area contributed by atoms with Crippen LogP contribution in [0.5, 0.6) is 5.75 Å². The van der Waals surface area contributed by atoms with E-state index in [1.165, 1.54) is 31.3 Å². The molecule has 1 N–H and O–H groups in total. The highest BCUT2D eigenvalue weighted by atomic mass is 19.4. The second-order valence-corrected chi connectivity index (χ2v) is 3.26. The molecule has 3 nitrogen and oxygen atoms in total. The van der Waals surface area contributed by atoms with E-state index in [4.69, 9.17) is 5.11 Å². The Balaban J connectivity index is 2.74. The van der Waals surface area contributed by atoms with Crippen molar-refractivity contribution in [2.24, 2.45) is 0 Å². The van der Waals surface area contributed by atoms with Gasteiger partial charge in [-0.2, -0.15) is 13.2 Å². The Labute approximate surface area is 90.1 Å². The maximum atomic E-state index is 12.0. The highest BCUT2D eigenvalue weighted by molar-refractivity contribution is 5.93. The number of carbonyl (C=O) groups is 1. The molecule has 0 heterocycles. The lowest BCUT2D eigenvalue weighted by atomic mass is 10.2. The summed E-state index contributed by atoms with van der Waals surface area (Å²) < 4.78 is 35.9. The molecule has 88 valence electrons. The molecule has 0 spiro atoms. The predicted octanol–water partition coefficient (Wildman–Crippen LogP) is 2.31. The van der Waals surface area contributed by atoms with Crippen LogP contribution in [-0.4, -0.2) is 24.2 Å². The first-order valence-corrected chi connectivity index (χ1v) is 4.42. The van der Waals surface area contributed by atoms with E-state index >= 15 is 0 Å². The number of halogens is 3. The Kier molecular flexibility index (Phi) is 3.41. The van der Waals surface area contributed by atoms with Crippen LogP contribution in [0.15, 0.2) is 24.3 Å². The molecule has 0 fully saturated rings. The molecule has 0 bridgehead atoms. The third-order valence-electron chi connectivity index (χ3n) is 1.96. The van der Waals surface area contributed by atoms with Crippen LogP contribution >= 0.6 is 0 Å². The molecule has 6 heteroatoms. The number of anilines is 1. The van der Waals surface area contributed by atoms with Crippen molar-refractivity contribution in [1.82, 2.24) is 0 Å². The van der Waals surface area contributed by atoms with Gasteiger partial charge in [-0.05, 0) is 24.3 Å². The Morgan fingerprint density at radius 2 is 1.81 bits per heavy atom. The molecule has 0 saturated heterocycles. The maximum absolute atomic E-state index is 12.0. The van der Waals surface area contributed by atoms with E-state index < -0.39 is 18.5 Å². The molecule has 0 saturated carbocycles. The van der Waals surface area contributed by atoms with Crippen LogP contribution in [0.2, 0.25) is 0 Å². The average Bonchev–Trinajstić information content (AvgIpc) is 2.15. The number of nitrogens with zero attached hydrogens (tertiary/aromatic N) is 1. The number of benzene rings is 1. The molecule has 0 aromatic heterocycles. The van der Waals surface area contributed by atoms with Crippen LogP contribution in [0.4, 0.5) is 18.9 Å². The smallest absolute Gasteiger partial charge is 0.397 e. The van der Waals surface area contributed by atoms with E-state index in [1.807, 2.05) is 0 Å². The van der Waals surface area contributed by atoms with E-state index in [0.717, 1.165) is 4.90 Å². The molecular weight excluding hydrogens is 223 g/mol. The second kappa shape index (κ2) is 4.42. The maximum Gasteiger partial charge on any atom is 0.397 e. The molecule has 1 rings (SSSR count). The molecular formula is C10H10F3NO2. The zero-order valence-corrected chi connectivity index (χ0v) is 8.45. The minimum atomic E-state index is -4.51. The largest absolute Gasteiger partial charge is 0.508 e. The normalized spacial score (nSPS) is 11.2. The summed E-state index contributed by atoms with van der Waals surface area (Å²) in [5, 5.41) is 8.98. The van der Waals surface area contributed by atoms with Crippen molar-refractivity contribution in [3.05, 3.63) is 24.3 Å². The molecule has 0 unspecified atom stereocenters. The van der Waals surface area contributed by atoms with Crippen molar-refractivity contribution in [3.63, 3.8) is 0 Å². The molecule has 1 aromatic rings. The van der Waals surface area contributed by atoms with Crippen LogP contribution < -0.4 is 4.90 Å². The van der Waals surface area contributed by atoms with Gasteiger partial charge in [0.1, 0.15) is 12.2 Å². The number of hydrogen-bond donors (Lipinski definition) is 1. The van der Waals surface area contributed by atoms with Crippen molar-refractivity contribution in [1.29, 1.82) is 0 Å². The van der Waals surface area contributed by atoms with E-state index in [-0.39, 0.29) is 5.75 Å². The lowest BCUT2D eigenvalue weighted by Gasteiger charge is -2.18. The molecule has 0 aliphatic heterocycles. The summed E-state index contributed by atoms with van der Waals surface area (Å²) in [6.45, 7) is 0. The third-order valence-corrected chi connectivity index (χ3v) is 1.96. The number of alkyl halides is 3. The highest BCUT2D eigenvalue weighted by Crippen LogP contribution is 2.23. The lowest BCUT2D eigenvalue weighted by molar-refractivity contribution is -0.151. The number of phenolic OH excluding ortho intramolecular Hbond substituents is 1. The quantitative estimate of drug-likeness (QED) is 0.851. The number of phenols is 1. The molecule has 16 heavy (non-hydrogen) atoms. The molecule has 0 aliphatic rings. The van der Waals surface area contributed by atoms with Crippen molar-refractivity contribution in [2.75, 3.05) is 11.9 Å². The van der Waals surface area contributed by atoms with Crippen molar-refractivity contribution < 1.29 is 23.1 Å². The second-order valence-electron chi connectivity index (χ2n) is 3.26. The van der Waals surface area contributed by atoms with Gasteiger partial charge in [0.15, 0.2) is 0 Å². The van der Waals surface area contributed by atoms with Gasteiger partial charge in [-0.15, -0.1) is 0 Å². The first kappa shape index (κ1) is 12.4. The fourth-order valence-electron chi connectivity index (χ4n) is 1.11. The Morgan fingerprint density at radius 3 is 2.25 bits per heavy atom. The van der Waals surface area contributed by atoms with Gasteiger partial charge in [-0.25, -0.2) is 0 Å². The van der Waals surface area contributed by atoms with Crippen molar-refractivity contribution in [2.45, 2.75) is 12.6 Å². The zero-order chi connectivity index (χ0) is 12.3. The number of rotatable bonds is 2. The highest BCUT2D eigenvalue weighted by Gasteiger charge is 2.32. The number of carbonyl (C=O) groups excluding carboxylic acids is 1. The van der Waals surface area contributed by atoms with E-state index in [1.54, 1.807) is 0 Å². The fourth-order valence-corrected chi connectivity index (χ4v) is 1.11. The van der Waals surface area contributed by atoms with Crippen LogP contribution in [0, 0.1) is 0 Å². The predicted molar refractivity (Wildman–Crippen MR) is 52.2 cm³/mol. The minimum Gasteiger partial charge on any atom is -0.508 e. The van der Waals surface area contributed by atoms with Crippen LogP contribution in [0.3, 0.4) is 0 Å². The average molecular weight is 233 g/mol. The van der Waals surface area contributed by atoms with Gasteiger partial charge < -0.3 is 10.0 Å². The Bertz CT molecular complexity index is 373. The first-order chi connectivity index (χ1) is 7.29. The molecule has 0 atom stereocenters. The lowest BCUT2D eigenvalue weighted by Crippen LogP contribution is -2.30. The minimum absolute atomic E-state index is 0.0135. The Hall–Kier alpha value is -1.72. The summed E-state index contributed by atoms with van der Waals surface area (Å²) >= 11 is 0. The third kappa shape index (κ3) is 3.45. The zero-order valence-electron chi connectivity index (χ0n) is 8.45. The summed E-state index contributed by atoms with van der Waals surface area (Å²) in [7, 11) is 1.25. The van der Waals surface area contributed by atoms with E-state index in [0.29, 0.717) is 5.69 Å². The summed E-state index contributed by atoms with van der Waals surface area (Å²) in [6.07, 6.45) is -6.01. The van der Waals surface area contributed by atoms with Crippen LogP contribution in [0.25, 0.3) is 0 Å². The number of amides is 1. The van der Waals surface area contributed by atoms with Gasteiger partial charge in [0.25, 0.3) is 0 Å². The van der Waals surface area contributed by atoms with E-state index in [9.17, 15) is 18.0 Å². The van der Waals surface area contributed by atoms with Crippen LogP contribution in [0.1, 0.15) is 6.42 Å². The van der Waals surface area contributed by atoms with Gasteiger partial charge in [-0.1, -0.05) is 0 Å². The number of aromatic hydroxyl groups is 1. The standard InChI is InChI=1S/C10H10F3NO2/c1-14(9(16)6-10(11,12)13)7-2-4-8(15)5-3-7/h2-5,15H,6H2,1H3. The van der Waals surface area contributed by atoms with Crippen LogP contribution in [-0.2, 0) is 4.79 Å². The van der Waals surface area contributed by atoms with Gasteiger partial charge in [0.2, 0.25) is 5.91 Å². The van der Waals surface area contributed by atoms with Gasteiger partial charge >= 0.3 is 6.18 Å². The molecule has 1 amide bonds. The summed E-state index contributed by atoms with van der Waals surface area (Å²) in [5.41, 5.74) is 0.298. The molecule has 1 aromatic carbocycles. The van der Waals surface area contributed by atoms with Gasteiger partial charge in [-0.3, -0.25) is 4.79 Å². The molecule has 0 aliphatic carbocycles. The monoisotopic (exact) mass is 233 g/mol. The van der Waals surface area contributed by atoms with Gasteiger partial charge in [0, 0.05) is 12.7 Å². The van der Waals surface area contributed by atoms with Crippen molar-refractivity contribution in [3.8, 4) is 5.75 Å². The van der Waals surface area contributed by atoms with E-state index in [2.05, 4.69) is 0 Å². The van der Waals surface area contributed by atoms with Crippen molar-refractivity contribution >= 4 is 11.6 Å². The summed E-state index contributed by atoms with van der Waals surface area (Å²) in [5.74, 6) is -1.06. The Morgan fingerprint density at radius 1 is 1.31 bits per heavy atom. The summed E-state index contributed by atoms with van der Waals surface area (Å²) in [4.78, 5) is 12.1. The summed E-state index contributed by atoms with van der Waals surface area (Å²) in [6, 6.07) is 5.33.